The Morgan fingerprint density at radius 3 is 2.47 bits per heavy atom. The van der Waals surface area contributed by atoms with Crippen LogP contribution in [0.1, 0.15) is 11.1 Å². The summed E-state index contributed by atoms with van der Waals surface area (Å²) in [6.45, 7) is 1.68. The molecule has 3 rings (SSSR count). The minimum absolute atomic E-state index is 0.214. The molecule has 3 amide bonds. The quantitative estimate of drug-likeness (QED) is 0.271. The number of hydrogen-bond acceptors (Lipinski definition) is 6. The zero-order valence-electron chi connectivity index (χ0n) is 18.7. The highest BCUT2D eigenvalue weighted by atomic mass is 16.5. The molecule has 0 spiro atoms. The maximum absolute atomic E-state index is 12.2. The molecule has 34 heavy (non-hydrogen) atoms. The van der Waals surface area contributed by atoms with Gasteiger partial charge in [-0.05, 0) is 42.8 Å². The number of hydrogen-bond donors (Lipinski definition) is 3. The maximum atomic E-state index is 12.2. The van der Waals surface area contributed by atoms with E-state index in [1.807, 2.05) is 25.1 Å². The molecule has 0 bridgehead atoms. The zero-order valence-corrected chi connectivity index (χ0v) is 18.7. The molecule has 3 aromatic carbocycles. The van der Waals surface area contributed by atoms with Gasteiger partial charge < -0.3 is 20.1 Å². The third-order valence-electron chi connectivity index (χ3n) is 4.60. The predicted molar refractivity (Wildman–Crippen MR) is 129 cm³/mol. The van der Waals surface area contributed by atoms with Crippen molar-refractivity contribution in [2.75, 3.05) is 24.4 Å². The van der Waals surface area contributed by atoms with Crippen LogP contribution in [0.25, 0.3) is 0 Å². The Kier molecular flexibility index (Phi) is 8.34. The first-order valence-corrected chi connectivity index (χ1v) is 10.3. The van der Waals surface area contributed by atoms with Gasteiger partial charge in [-0.2, -0.15) is 5.10 Å². The standard InChI is InChI=1S/C25H24N4O5/c1-17-8-3-5-12-21(17)28-23(30)16-34-22-13-6-4-9-18(22)15-26-29-25(32)24(31)27-19-10-7-11-20(14-19)33-2/h3-15H,16H2,1-2H3,(H,27,31)(H,28,30)(H,29,32)/b26-15-. The minimum Gasteiger partial charge on any atom is -0.497 e. The van der Waals surface area contributed by atoms with Crippen LogP contribution in [0.4, 0.5) is 11.4 Å². The lowest BCUT2D eigenvalue weighted by Gasteiger charge is -2.11. The van der Waals surface area contributed by atoms with Crippen molar-refractivity contribution in [3.63, 3.8) is 0 Å². The summed E-state index contributed by atoms with van der Waals surface area (Å²) in [6, 6.07) is 20.9. The highest BCUT2D eigenvalue weighted by Gasteiger charge is 2.13. The second-order valence-electron chi connectivity index (χ2n) is 7.07. The van der Waals surface area contributed by atoms with E-state index in [0.29, 0.717) is 28.4 Å². The molecule has 0 aliphatic carbocycles. The number of benzene rings is 3. The number of carbonyl (C=O) groups excluding carboxylic acids is 3. The number of methoxy groups -OCH3 is 1. The molecule has 174 valence electrons. The largest absolute Gasteiger partial charge is 0.497 e. The van der Waals surface area contributed by atoms with E-state index in [1.165, 1.54) is 13.3 Å². The lowest BCUT2D eigenvalue weighted by Crippen LogP contribution is -2.32. The van der Waals surface area contributed by atoms with E-state index < -0.39 is 11.8 Å². The summed E-state index contributed by atoms with van der Waals surface area (Å²) in [5.74, 6) is -1.22. The average Bonchev–Trinajstić information content (AvgIpc) is 2.85. The molecule has 0 unspecified atom stereocenters. The van der Waals surface area contributed by atoms with Crippen LogP contribution in [0.5, 0.6) is 11.5 Å². The lowest BCUT2D eigenvalue weighted by molar-refractivity contribution is -0.136. The second kappa shape index (κ2) is 11.8. The SMILES string of the molecule is COc1cccc(NC(=O)C(=O)N/N=C\c2ccccc2OCC(=O)Nc2ccccc2C)c1. The Balaban J connectivity index is 1.54. The van der Waals surface area contributed by atoms with Crippen molar-refractivity contribution < 1.29 is 23.9 Å². The van der Waals surface area contributed by atoms with Gasteiger partial charge in [-0.25, -0.2) is 5.43 Å². The number of nitrogens with one attached hydrogen (secondary N) is 3. The number of ether oxygens (including phenoxy) is 2. The molecule has 0 aliphatic heterocycles. The first-order valence-electron chi connectivity index (χ1n) is 10.3. The fourth-order valence-electron chi connectivity index (χ4n) is 2.86. The van der Waals surface area contributed by atoms with Crippen LogP contribution in [0.2, 0.25) is 0 Å². The molecule has 0 aromatic heterocycles. The maximum Gasteiger partial charge on any atom is 0.329 e. The molecular formula is C25H24N4O5. The number of nitrogens with zero attached hydrogens (tertiary/aromatic N) is 1. The average molecular weight is 460 g/mol. The van der Waals surface area contributed by atoms with Crippen LogP contribution in [0, 0.1) is 6.92 Å². The molecule has 3 aromatic rings. The Morgan fingerprint density at radius 2 is 1.68 bits per heavy atom. The highest BCUT2D eigenvalue weighted by molar-refractivity contribution is 6.39. The van der Waals surface area contributed by atoms with Crippen molar-refractivity contribution in [1.82, 2.24) is 5.43 Å². The van der Waals surface area contributed by atoms with Crippen molar-refractivity contribution in [3.05, 3.63) is 83.9 Å². The zero-order chi connectivity index (χ0) is 24.3. The molecule has 9 heteroatoms. The normalized spacial score (nSPS) is 10.4. The first-order chi connectivity index (χ1) is 16.5. The van der Waals surface area contributed by atoms with Gasteiger partial charge in [0.2, 0.25) is 0 Å². The van der Waals surface area contributed by atoms with E-state index in [9.17, 15) is 14.4 Å². The van der Waals surface area contributed by atoms with Gasteiger partial charge in [0.05, 0.1) is 13.3 Å². The number of anilines is 2. The summed E-state index contributed by atoms with van der Waals surface area (Å²) in [5, 5.41) is 9.06. The van der Waals surface area contributed by atoms with Crippen molar-refractivity contribution in [2.45, 2.75) is 6.92 Å². The van der Waals surface area contributed by atoms with Gasteiger partial charge in [0.15, 0.2) is 6.61 Å². The Hall–Kier alpha value is -4.66. The summed E-state index contributed by atoms with van der Waals surface area (Å²) in [6.07, 6.45) is 1.32. The number of rotatable bonds is 8. The first kappa shape index (κ1) is 24.0. The molecule has 3 N–H and O–H groups in total. The van der Waals surface area contributed by atoms with Gasteiger partial charge in [0, 0.05) is 23.0 Å². The van der Waals surface area contributed by atoms with Crippen LogP contribution in [0.3, 0.4) is 0 Å². The third-order valence-corrected chi connectivity index (χ3v) is 4.60. The number of amides is 3. The van der Waals surface area contributed by atoms with Gasteiger partial charge in [0.1, 0.15) is 11.5 Å². The third kappa shape index (κ3) is 6.92. The minimum atomic E-state index is -0.949. The van der Waals surface area contributed by atoms with Crippen LogP contribution in [0.15, 0.2) is 77.9 Å². The topological polar surface area (TPSA) is 118 Å². The van der Waals surface area contributed by atoms with Gasteiger partial charge in [-0.1, -0.05) is 36.4 Å². The molecule has 0 atom stereocenters. The Morgan fingerprint density at radius 1 is 0.912 bits per heavy atom. The fourth-order valence-corrected chi connectivity index (χ4v) is 2.86. The van der Waals surface area contributed by atoms with Gasteiger partial charge in [-0.15, -0.1) is 0 Å². The fraction of sp³-hybridized carbons (Fsp3) is 0.120. The van der Waals surface area contributed by atoms with Gasteiger partial charge >= 0.3 is 11.8 Å². The van der Waals surface area contributed by atoms with E-state index in [4.69, 9.17) is 9.47 Å². The molecular weight excluding hydrogens is 436 g/mol. The van der Waals surface area contributed by atoms with E-state index >= 15 is 0 Å². The summed E-state index contributed by atoms with van der Waals surface area (Å²) in [5.41, 5.74) is 4.73. The van der Waals surface area contributed by atoms with Crippen molar-refractivity contribution in [1.29, 1.82) is 0 Å². The molecule has 0 saturated heterocycles. The van der Waals surface area contributed by atoms with Gasteiger partial charge in [0.25, 0.3) is 5.91 Å². The number of para-hydroxylation sites is 2. The van der Waals surface area contributed by atoms with E-state index in [1.54, 1.807) is 54.6 Å². The molecule has 0 radical (unpaired) electrons. The summed E-state index contributed by atoms with van der Waals surface area (Å²) in [4.78, 5) is 36.3. The van der Waals surface area contributed by atoms with Crippen molar-refractivity contribution in [2.24, 2.45) is 5.10 Å². The smallest absolute Gasteiger partial charge is 0.329 e. The van der Waals surface area contributed by atoms with E-state index in [0.717, 1.165) is 5.56 Å². The molecule has 0 aliphatic rings. The summed E-state index contributed by atoms with van der Waals surface area (Å²) < 4.78 is 10.7. The number of carbonyl (C=O) groups is 3. The van der Waals surface area contributed by atoms with E-state index in [2.05, 4.69) is 21.2 Å². The van der Waals surface area contributed by atoms with Crippen LogP contribution in [-0.2, 0) is 14.4 Å². The Labute approximate surface area is 196 Å². The monoisotopic (exact) mass is 460 g/mol. The van der Waals surface area contributed by atoms with Gasteiger partial charge in [-0.3, -0.25) is 14.4 Å². The van der Waals surface area contributed by atoms with Crippen LogP contribution in [-0.4, -0.2) is 37.7 Å². The molecule has 9 nitrogen and oxygen atoms in total. The van der Waals surface area contributed by atoms with Crippen LogP contribution < -0.4 is 25.5 Å². The molecule has 0 fully saturated rings. The summed E-state index contributed by atoms with van der Waals surface area (Å²) >= 11 is 0. The predicted octanol–water partition coefficient (Wildman–Crippen LogP) is 3.11. The van der Waals surface area contributed by atoms with Crippen molar-refractivity contribution >= 4 is 35.3 Å². The van der Waals surface area contributed by atoms with E-state index in [-0.39, 0.29) is 12.5 Å². The number of aryl methyl sites for hydroxylation is 1. The van der Waals surface area contributed by atoms with Crippen LogP contribution >= 0.6 is 0 Å². The molecule has 0 heterocycles. The Bertz CT molecular complexity index is 1210. The number of hydrazone groups is 1. The highest BCUT2D eigenvalue weighted by Crippen LogP contribution is 2.18. The lowest BCUT2D eigenvalue weighted by atomic mass is 10.2. The second-order valence-corrected chi connectivity index (χ2v) is 7.07. The molecule has 0 saturated carbocycles. The van der Waals surface area contributed by atoms with Crippen molar-refractivity contribution in [3.8, 4) is 11.5 Å². The summed E-state index contributed by atoms with van der Waals surface area (Å²) in [7, 11) is 1.50.